The smallest absolute Gasteiger partial charge is 0.268 e. The van der Waals surface area contributed by atoms with Gasteiger partial charge in [0, 0.05) is 18.0 Å². The van der Waals surface area contributed by atoms with E-state index in [2.05, 4.69) is 10.4 Å². The summed E-state index contributed by atoms with van der Waals surface area (Å²) in [7, 11) is 0. The minimum Gasteiger partial charge on any atom is -0.399 e. The van der Waals surface area contributed by atoms with Crippen molar-refractivity contribution in [3.8, 4) is 0 Å². The molecule has 6 heteroatoms. The maximum atomic E-state index is 11.4. The predicted octanol–water partition coefficient (Wildman–Crippen LogP) is 1.52. The number of hydrazone groups is 1. The Hall–Kier alpha value is -2.24. The number of rotatable bonds is 2. The van der Waals surface area contributed by atoms with Gasteiger partial charge >= 0.3 is 0 Å². The Morgan fingerprint density at radius 3 is 2.65 bits per heavy atom. The monoisotopic (exact) mass is 232 g/mol. The molecule has 6 nitrogen and oxygen atoms in total. The molecule has 1 aromatic rings. The van der Waals surface area contributed by atoms with Crippen LogP contribution < -0.4 is 5.73 Å². The third-order valence-electron chi connectivity index (χ3n) is 2.66. The van der Waals surface area contributed by atoms with Gasteiger partial charge in [-0.05, 0) is 17.7 Å². The van der Waals surface area contributed by atoms with Gasteiger partial charge < -0.3 is 5.73 Å². The van der Waals surface area contributed by atoms with Crippen molar-refractivity contribution >= 4 is 17.3 Å². The van der Waals surface area contributed by atoms with Crippen molar-refractivity contribution in [2.24, 2.45) is 16.3 Å². The Labute approximate surface area is 98.0 Å². The van der Waals surface area contributed by atoms with Gasteiger partial charge in [-0.3, -0.25) is 4.79 Å². The van der Waals surface area contributed by atoms with Gasteiger partial charge in [-0.2, -0.15) is 0 Å². The summed E-state index contributed by atoms with van der Waals surface area (Å²) in [5, 5.41) is 7.12. The minimum absolute atomic E-state index is 0.0378. The van der Waals surface area contributed by atoms with Crippen LogP contribution in [0.3, 0.4) is 0 Å². The lowest BCUT2D eigenvalue weighted by Crippen LogP contribution is -2.32. The maximum absolute atomic E-state index is 11.4. The van der Waals surface area contributed by atoms with E-state index in [4.69, 9.17) is 5.73 Å². The van der Waals surface area contributed by atoms with Gasteiger partial charge in [-0.25, -0.2) is 0 Å². The molecule has 0 aliphatic carbocycles. The van der Waals surface area contributed by atoms with Crippen molar-refractivity contribution in [2.45, 2.75) is 13.3 Å². The normalized spacial score (nSPS) is 20.1. The molecule has 2 rings (SSSR count). The van der Waals surface area contributed by atoms with E-state index in [1.54, 1.807) is 12.1 Å². The number of amides is 1. The fourth-order valence-corrected chi connectivity index (χ4v) is 1.76. The molecule has 1 amide bonds. The highest BCUT2D eigenvalue weighted by Crippen LogP contribution is 2.21. The number of benzene rings is 1. The number of nitrogens with two attached hydrogens (primary N) is 1. The highest BCUT2D eigenvalue weighted by molar-refractivity contribution is 6.05. The molecule has 1 aliphatic rings. The molecular weight excluding hydrogens is 220 g/mol. The highest BCUT2D eigenvalue weighted by atomic mass is 16.3. The van der Waals surface area contributed by atoms with Gasteiger partial charge in [0.1, 0.15) is 0 Å². The quantitative estimate of drug-likeness (QED) is 0.619. The van der Waals surface area contributed by atoms with Crippen LogP contribution in [0.4, 0.5) is 5.69 Å². The van der Waals surface area contributed by atoms with E-state index >= 15 is 0 Å². The summed E-state index contributed by atoms with van der Waals surface area (Å²) >= 11 is 0. The van der Waals surface area contributed by atoms with Crippen LogP contribution in [0.25, 0.3) is 0 Å². The average molecular weight is 232 g/mol. The maximum Gasteiger partial charge on any atom is 0.268 e. The molecule has 0 bridgehead atoms. The molecule has 0 aromatic heterocycles. The number of carbonyl (C=O) groups excluding carboxylic acids is 1. The van der Waals surface area contributed by atoms with Gasteiger partial charge in [-0.15, -0.1) is 10.0 Å². The molecule has 0 saturated heterocycles. The van der Waals surface area contributed by atoms with E-state index in [0.29, 0.717) is 16.5 Å². The van der Waals surface area contributed by atoms with E-state index in [1.807, 2.05) is 19.1 Å². The third kappa shape index (κ3) is 2.15. The zero-order valence-corrected chi connectivity index (χ0v) is 9.33. The van der Waals surface area contributed by atoms with Crippen LogP contribution in [-0.2, 0) is 4.79 Å². The summed E-state index contributed by atoms with van der Waals surface area (Å²) in [5.41, 5.74) is 7.76. The zero-order chi connectivity index (χ0) is 12.4. The fourth-order valence-electron chi connectivity index (χ4n) is 1.76. The first-order chi connectivity index (χ1) is 8.11. The molecule has 88 valence electrons. The third-order valence-corrected chi connectivity index (χ3v) is 2.66. The van der Waals surface area contributed by atoms with Crippen LogP contribution in [0, 0.1) is 10.8 Å². The molecular formula is C11H12N4O2. The number of carbonyl (C=O) groups is 1. The van der Waals surface area contributed by atoms with E-state index in [9.17, 15) is 9.70 Å². The summed E-state index contributed by atoms with van der Waals surface area (Å²) in [4.78, 5) is 21.8. The molecule has 1 atom stereocenters. The number of hydrogen-bond donors (Lipinski definition) is 1. The second kappa shape index (κ2) is 4.32. The van der Waals surface area contributed by atoms with Crippen molar-refractivity contribution in [3.05, 3.63) is 34.7 Å². The van der Waals surface area contributed by atoms with Crippen LogP contribution in [0.2, 0.25) is 0 Å². The summed E-state index contributed by atoms with van der Waals surface area (Å²) in [6.45, 7) is 1.88. The molecule has 17 heavy (non-hydrogen) atoms. The molecule has 0 radical (unpaired) electrons. The van der Waals surface area contributed by atoms with Gasteiger partial charge in [0.05, 0.1) is 11.0 Å². The largest absolute Gasteiger partial charge is 0.399 e. The average Bonchev–Trinajstić information content (AvgIpc) is 2.31. The standard InChI is InChI=1S/C11H12N4O2/c1-7-6-10(16)15(14-17)13-11(7)8-2-4-9(12)5-3-8/h2-5,7H,6,12H2,1H3/t7-/m1/s1. The van der Waals surface area contributed by atoms with Crippen LogP contribution >= 0.6 is 0 Å². The first-order valence-corrected chi connectivity index (χ1v) is 5.22. The molecule has 1 heterocycles. The SMILES string of the molecule is C[C@@H]1CC(=O)N(N=O)N=C1c1ccc(N)cc1. The number of nitrogen functional groups attached to an aromatic ring is 1. The van der Waals surface area contributed by atoms with Crippen molar-refractivity contribution in [2.75, 3.05) is 5.73 Å². The Bertz CT molecular complexity index is 481. The van der Waals surface area contributed by atoms with E-state index in [0.717, 1.165) is 5.56 Å². The van der Waals surface area contributed by atoms with Crippen molar-refractivity contribution in [1.82, 2.24) is 5.12 Å². The van der Waals surface area contributed by atoms with Crippen molar-refractivity contribution in [1.29, 1.82) is 0 Å². The summed E-state index contributed by atoms with van der Waals surface area (Å²) in [5.74, 6) is -0.421. The Morgan fingerprint density at radius 1 is 1.41 bits per heavy atom. The second-order valence-corrected chi connectivity index (χ2v) is 3.98. The lowest BCUT2D eigenvalue weighted by atomic mass is 9.94. The lowest BCUT2D eigenvalue weighted by Gasteiger charge is -2.22. The molecule has 0 unspecified atom stereocenters. The zero-order valence-electron chi connectivity index (χ0n) is 9.33. The topological polar surface area (TPSA) is 88.1 Å². The van der Waals surface area contributed by atoms with E-state index in [1.165, 1.54) is 0 Å². The molecule has 0 saturated carbocycles. The fraction of sp³-hybridized carbons (Fsp3) is 0.273. The Morgan fingerprint density at radius 2 is 2.06 bits per heavy atom. The van der Waals surface area contributed by atoms with Gasteiger partial charge in [0.2, 0.25) is 0 Å². The predicted molar refractivity (Wildman–Crippen MR) is 63.8 cm³/mol. The van der Waals surface area contributed by atoms with Crippen molar-refractivity contribution < 1.29 is 4.79 Å². The summed E-state index contributed by atoms with van der Waals surface area (Å²) in [6.07, 6.45) is 0.231. The van der Waals surface area contributed by atoms with Crippen LogP contribution in [-0.4, -0.2) is 16.7 Å². The van der Waals surface area contributed by atoms with Crippen LogP contribution in [0.5, 0.6) is 0 Å². The van der Waals surface area contributed by atoms with Gasteiger partial charge in [0.25, 0.3) is 5.91 Å². The highest BCUT2D eigenvalue weighted by Gasteiger charge is 2.27. The van der Waals surface area contributed by atoms with Crippen LogP contribution in [0.15, 0.2) is 34.7 Å². The van der Waals surface area contributed by atoms with Gasteiger partial charge in [-0.1, -0.05) is 24.2 Å². The lowest BCUT2D eigenvalue weighted by molar-refractivity contribution is -0.132. The van der Waals surface area contributed by atoms with Gasteiger partial charge in [0.15, 0.2) is 0 Å². The first kappa shape index (κ1) is 11.3. The van der Waals surface area contributed by atoms with E-state index in [-0.39, 0.29) is 18.2 Å². The molecule has 1 aliphatic heterocycles. The number of anilines is 1. The Kier molecular flexibility index (Phi) is 2.86. The van der Waals surface area contributed by atoms with E-state index < -0.39 is 0 Å². The molecule has 1 aromatic carbocycles. The second-order valence-electron chi connectivity index (χ2n) is 3.98. The summed E-state index contributed by atoms with van der Waals surface area (Å²) in [6, 6.07) is 7.12. The summed E-state index contributed by atoms with van der Waals surface area (Å²) < 4.78 is 0. The number of nitrogens with zero attached hydrogens (tertiary/aromatic N) is 3. The molecule has 0 spiro atoms. The Balaban J connectivity index is 2.39. The van der Waals surface area contributed by atoms with Crippen LogP contribution in [0.1, 0.15) is 18.9 Å². The molecule has 0 fully saturated rings. The number of nitroso groups, excluding NO2 is 1. The first-order valence-electron chi connectivity index (χ1n) is 5.22. The number of hydrogen-bond acceptors (Lipinski definition) is 5. The molecule has 2 N–H and O–H groups in total. The minimum atomic E-state index is -0.383. The van der Waals surface area contributed by atoms with Crippen molar-refractivity contribution in [3.63, 3.8) is 0 Å².